The first kappa shape index (κ1) is 15.4. The molecule has 0 aromatic heterocycles. The zero-order valence-corrected chi connectivity index (χ0v) is 14.0. The quantitative estimate of drug-likeness (QED) is 0.858. The van der Waals surface area contributed by atoms with Gasteiger partial charge in [-0.25, -0.2) is 4.99 Å². The molecule has 2 aliphatic heterocycles. The van der Waals surface area contributed by atoms with E-state index in [0.29, 0.717) is 25.7 Å². The minimum Gasteiger partial charge on any atom is -0.475 e. The lowest BCUT2D eigenvalue weighted by atomic mass is 9.95. The van der Waals surface area contributed by atoms with Gasteiger partial charge in [0.25, 0.3) is 0 Å². The molecule has 124 valence electrons. The van der Waals surface area contributed by atoms with Crippen molar-refractivity contribution in [2.75, 3.05) is 19.8 Å². The summed E-state index contributed by atoms with van der Waals surface area (Å²) in [6.45, 7) is 6.02. The molecule has 2 aromatic carbocycles. The molecule has 0 aliphatic carbocycles. The third-order valence-corrected chi connectivity index (χ3v) is 4.25. The van der Waals surface area contributed by atoms with Crippen LogP contribution < -0.4 is 0 Å². The summed E-state index contributed by atoms with van der Waals surface area (Å²) >= 11 is 0. The molecule has 2 aliphatic rings. The van der Waals surface area contributed by atoms with E-state index in [0.717, 1.165) is 22.3 Å². The lowest BCUT2D eigenvalue weighted by Crippen LogP contribution is -2.17. The van der Waals surface area contributed by atoms with Crippen molar-refractivity contribution in [1.82, 2.24) is 0 Å². The van der Waals surface area contributed by atoms with Crippen molar-refractivity contribution in [1.29, 1.82) is 0 Å². The van der Waals surface area contributed by atoms with Crippen molar-refractivity contribution in [2.45, 2.75) is 25.7 Å². The predicted octanol–water partition coefficient (Wildman–Crippen LogP) is 3.95. The fraction of sp³-hybridized carbons (Fsp3) is 0.350. The van der Waals surface area contributed by atoms with E-state index in [1.54, 1.807) is 0 Å². The van der Waals surface area contributed by atoms with Gasteiger partial charge in [0, 0.05) is 11.1 Å². The molecule has 0 N–H and O–H groups in total. The molecule has 0 atom stereocenters. The van der Waals surface area contributed by atoms with Gasteiger partial charge in [0.2, 0.25) is 5.90 Å². The highest BCUT2D eigenvalue weighted by molar-refractivity contribution is 6.02. The Morgan fingerprint density at radius 3 is 2.17 bits per heavy atom. The Bertz CT molecular complexity index is 776. The van der Waals surface area contributed by atoms with Gasteiger partial charge in [0.05, 0.1) is 18.8 Å². The molecule has 24 heavy (non-hydrogen) atoms. The molecule has 1 fully saturated rings. The van der Waals surface area contributed by atoms with E-state index in [9.17, 15) is 0 Å². The standard InChI is InChI=1S/C20H21NO3/c1-20(2)13-24-18(21-20)16-9-5-3-7-14(16)15-8-4-6-10-17(15)19-22-11-12-23-19/h3-10,19H,11-13H2,1-2H3. The molecule has 0 bridgehead atoms. The molecule has 0 unspecified atom stereocenters. The van der Waals surface area contributed by atoms with Crippen molar-refractivity contribution >= 4 is 5.90 Å². The van der Waals surface area contributed by atoms with Gasteiger partial charge in [-0.05, 0) is 31.0 Å². The van der Waals surface area contributed by atoms with Crippen LogP contribution in [0.4, 0.5) is 0 Å². The van der Waals surface area contributed by atoms with E-state index in [4.69, 9.17) is 19.2 Å². The van der Waals surface area contributed by atoms with Crippen molar-refractivity contribution in [3.8, 4) is 11.1 Å². The Balaban J connectivity index is 1.82. The highest BCUT2D eigenvalue weighted by Gasteiger charge is 2.29. The van der Waals surface area contributed by atoms with Gasteiger partial charge in [0.1, 0.15) is 6.61 Å². The Morgan fingerprint density at radius 2 is 1.50 bits per heavy atom. The van der Waals surface area contributed by atoms with Gasteiger partial charge < -0.3 is 14.2 Å². The zero-order chi connectivity index (χ0) is 16.6. The molecule has 2 heterocycles. The third kappa shape index (κ3) is 2.83. The third-order valence-electron chi connectivity index (χ3n) is 4.25. The second-order valence-electron chi connectivity index (χ2n) is 6.72. The lowest BCUT2D eigenvalue weighted by molar-refractivity contribution is -0.0436. The van der Waals surface area contributed by atoms with Crippen LogP contribution >= 0.6 is 0 Å². The number of benzene rings is 2. The van der Waals surface area contributed by atoms with Crippen LogP contribution in [-0.2, 0) is 14.2 Å². The minimum absolute atomic E-state index is 0.181. The van der Waals surface area contributed by atoms with Crippen molar-refractivity contribution in [3.63, 3.8) is 0 Å². The van der Waals surface area contributed by atoms with Crippen LogP contribution in [0.15, 0.2) is 53.5 Å². The van der Waals surface area contributed by atoms with Crippen LogP contribution in [0.1, 0.15) is 31.3 Å². The van der Waals surface area contributed by atoms with E-state index in [2.05, 4.69) is 38.1 Å². The highest BCUT2D eigenvalue weighted by atomic mass is 16.7. The van der Waals surface area contributed by atoms with E-state index in [1.165, 1.54) is 0 Å². The van der Waals surface area contributed by atoms with Gasteiger partial charge in [-0.2, -0.15) is 0 Å². The molecule has 0 amide bonds. The molecule has 4 heteroatoms. The normalized spacial score (nSPS) is 20.0. The van der Waals surface area contributed by atoms with Gasteiger partial charge in [0.15, 0.2) is 6.29 Å². The second-order valence-corrected chi connectivity index (χ2v) is 6.72. The molecular weight excluding hydrogens is 302 g/mol. The maximum absolute atomic E-state index is 5.87. The van der Waals surface area contributed by atoms with E-state index in [1.807, 2.05) is 24.3 Å². The SMILES string of the molecule is CC1(C)COC(c2ccccc2-c2ccccc2C2OCCO2)=N1. The number of rotatable bonds is 3. The van der Waals surface area contributed by atoms with Crippen LogP contribution in [0, 0.1) is 0 Å². The van der Waals surface area contributed by atoms with Crippen molar-refractivity contribution in [3.05, 3.63) is 59.7 Å². The predicted molar refractivity (Wildman–Crippen MR) is 93.1 cm³/mol. The summed E-state index contributed by atoms with van der Waals surface area (Å²) in [4.78, 5) is 4.74. The maximum atomic E-state index is 5.87. The van der Waals surface area contributed by atoms with Gasteiger partial charge >= 0.3 is 0 Å². The lowest BCUT2D eigenvalue weighted by Gasteiger charge is -2.17. The average Bonchev–Trinajstić information content (AvgIpc) is 3.24. The van der Waals surface area contributed by atoms with E-state index >= 15 is 0 Å². The van der Waals surface area contributed by atoms with Crippen LogP contribution in [0.5, 0.6) is 0 Å². The van der Waals surface area contributed by atoms with Crippen LogP contribution in [0.2, 0.25) is 0 Å². The van der Waals surface area contributed by atoms with Crippen LogP contribution in [0.3, 0.4) is 0 Å². The van der Waals surface area contributed by atoms with Crippen LogP contribution in [-0.4, -0.2) is 31.3 Å². The maximum Gasteiger partial charge on any atom is 0.217 e. The Morgan fingerprint density at radius 1 is 0.875 bits per heavy atom. The first-order chi connectivity index (χ1) is 11.6. The fourth-order valence-electron chi connectivity index (χ4n) is 3.11. The van der Waals surface area contributed by atoms with Gasteiger partial charge in [-0.1, -0.05) is 42.5 Å². The summed E-state index contributed by atoms with van der Waals surface area (Å²) in [5.41, 5.74) is 4.05. The Labute approximate surface area is 142 Å². The minimum atomic E-state index is -0.308. The number of ether oxygens (including phenoxy) is 3. The molecule has 0 spiro atoms. The fourth-order valence-corrected chi connectivity index (χ4v) is 3.11. The first-order valence-electron chi connectivity index (χ1n) is 8.29. The summed E-state index contributed by atoms with van der Waals surface area (Å²) in [6, 6.07) is 16.4. The smallest absolute Gasteiger partial charge is 0.217 e. The number of aliphatic imine (C=N–C) groups is 1. The largest absolute Gasteiger partial charge is 0.475 e. The summed E-state index contributed by atoms with van der Waals surface area (Å²) in [6.07, 6.45) is -0.308. The number of hydrogen-bond acceptors (Lipinski definition) is 4. The summed E-state index contributed by atoms with van der Waals surface area (Å²) in [5, 5.41) is 0. The highest BCUT2D eigenvalue weighted by Crippen LogP contribution is 2.35. The second kappa shape index (κ2) is 6.04. The Hall–Kier alpha value is -2.17. The molecule has 2 aromatic rings. The first-order valence-corrected chi connectivity index (χ1v) is 8.29. The molecule has 0 saturated carbocycles. The topological polar surface area (TPSA) is 40.0 Å². The number of nitrogens with zero attached hydrogens (tertiary/aromatic N) is 1. The number of hydrogen-bond donors (Lipinski definition) is 0. The van der Waals surface area contributed by atoms with Gasteiger partial charge in [-0.3, -0.25) is 0 Å². The van der Waals surface area contributed by atoms with E-state index in [-0.39, 0.29) is 11.8 Å². The van der Waals surface area contributed by atoms with Crippen molar-refractivity contribution in [2.24, 2.45) is 4.99 Å². The van der Waals surface area contributed by atoms with E-state index < -0.39 is 0 Å². The van der Waals surface area contributed by atoms with Crippen LogP contribution in [0.25, 0.3) is 11.1 Å². The molecule has 1 saturated heterocycles. The summed E-state index contributed by atoms with van der Waals surface area (Å²) < 4.78 is 17.3. The average molecular weight is 323 g/mol. The molecule has 4 rings (SSSR count). The monoisotopic (exact) mass is 323 g/mol. The Kier molecular flexibility index (Phi) is 3.87. The summed E-state index contributed by atoms with van der Waals surface area (Å²) in [7, 11) is 0. The van der Waals surface area contributed by atoms with Gasteiger partial charge in [-0.15, -0.1) is 0 Å². The molecule has 0 radical (unpaired) electrons. The summed E-state index contributed by atoms with van der Waals surface area (Å²) in [5.74, 6) is 0.707. The molecule has 4 nitrogen and oxygen atoms in total. The molecular formula is C20H21NO3. The van der Waals surface area contributed by atoms with Crippen molar-refractivity contribution < 1.29 is 14.2 Å². The zero-order valence-electron chi connectivity index (χ0n) is 14.0.